The van der Waals surface area contributed by atoms with E-state index in [0.29, 0.717) is 11.3 Å². The predicted octanol–water partition coefficient (Wildman–Crippen LogP) is 1.86. The van der Waals surface area contributed by atoms with Gasteiger partial charge in [-0.25, -0.2) is 4.79 Å². The van der Waals surface area contributed by atoms with E-state index in [1.165, 1.54) is 13.2 Å². The molecule has 2 aromatic rings. The van der Waals surface area contributed by atoms with Gasteiger partial charge in [0.05, 0.1) is 19.7 Å². The van der Waals surface area contributed by atoms with Crippen LogP contribution >= 0.6 is 0 Å². The van der Waals surface area contributed by atoms with E-state index in [4.69, 9.17) is 9.15 Å². The summed E-state index contributed by atoms with van der Waals surface area (Å²) < 4.78 is 9.97. The summed E-state index contributed by atoms with van der Waals surface area (Å²) in [6.45, 7) is -0.0718. The number of benzene rings is 1. The molecular weight excluding hydrogens is 358 g/mol. The van der Waals surface area contributed by atoms with Crippen molar-refractivity contribution < 1.29 is 28.5 Å². The number of ether oxygens (including phenoxy) is 1. The zero-order chi connectivity index (χ0) is 19.6. The molecule has 0 saturated carbocycles. The van der Waals surface area contributed by atoms with E-state index in [-0.39, 0.29) is 17.9 Å². The van der Waals surface area contributed by atoms with Crippen molar-refractivity contribution in [1.82, 2.24) is 10.2 Å². The molecule has 0 spiro atoms. The number of barbiturate groups is 1. The van der Waals surface area contributed by atoms with Gasteiger partial charge >= 0.3 is 11.9 Å². The molecule has 1 aliphatic heterocycles. The molecule has 27 heavy (non-hydrogen) atoms. The van der Waals surface area contributed by atoms with Crippen LogP contribution in [0.1, 0.15) is 11.3 Å². The first-order valence-electron chi connectivity index (χ1n) is 7.65. The minimum atomic E-state index is -0.907. The lowest BCUT2D eigenvalue weighted by atomic mass is 10.1. The van der Waals surface area contributed by atoms with Crippen LogP contribution in [0.4, 0.5) is 10.7 Å². The number of imide groups is 2. The lowest BCUT2D eigenvalue weighted by Crippen LogP contribution is -2.53. The van der Waals surface area contributed by atoms with Crippen molar-refractivity contribution in [2.75, 3.05) is 7.11 Å². The minimum Gasteiger partial charge on any atom is -0.497 e. The summed E-state index contributed by atoms with van der Waals surface area (Å²) in [5.41, 5.74) is 0.272. The second kappa shape index (κ2) is 7.12. The Morgan fingerprint density at radius 3 is 2.48 bits per heavy atom. The molecule has 4 amide bonds. The third-order valence-corrected chi connectivity index (χ3v) is 3.76. The van der Waals surface area contributed by atoms with Gasteiger partial charge in [0.1, 0.15) is 22.0 Å². The summed E-state index contributed by atoms with van der Waals surface area (Å²) in [4.78, 5) is 47.4. The van der Waals surface area contributed by atoms with Crippen LogP contribution in [0.2, 0.25) is 0 Å². The number of nitro groups is 1. The van der Waals surface area contributed by atoms with Gasteiger partial charge in [-0.15, -0.1) is 0 Å². The predicted molar refractivity (Wildman–Crippen MR) is 90.4 cm³/mol. The van der Waals surface area contributed by atoms with Gasteiger partial charge in [-0.1, -0.05) is 12.1 Å². The Balaban J connectivity index is 1.85. The first-order chi connectivity index (χ1) is 12.9. The molecule has 1 aliphatic rings. The van der Waals surface area contributed by atoms with Crippen LogP contribution in [-0.2, 0) is 16.1 Å². The molecule has 3 rings (SSSR count). The number of hydrogen-bond donors (Lipinski definition) is 1. The van der Waals surface area contributed by atoms with E-state index in [9.17, 15) is 24.5 Å². The van der Waals surface area contributed by atoms with Crippen molar-refractivity contribution in [3.8, 4) is 5.75 Å². The summed E-state index contributed by atoms with van der Waals surface area (Å²) in [6.07, 6.45) is 1.05. The number of rotatable bonds is 5. The number of carbonyl (C=O) groups excluding carboxylic acids is 3. The monoisotopic (exact) mass is 371 g/mol. The summed E-state index contributed by atoms with van der Waals surface area (Å²) in [7, 11) is 1.51. The van der Waals surface area contributed by atoms with Crippen molar-refractivity contribution in [1.29, 1.82) is 0 Å². The maximum Gasteiger partial charge on any atom is 0.433 e. The Hall–Kier alpha value is -3.95. The average molecular weight is 371 g/mol. The van der Waals surface area contributed by atoms with Crippen LogP contribution in [0, 0.1) is 10.1 Å². The number of carbonyl (C=O) groups is 3. The van der Waals surface area contributed by atoms with Crippen molar-refractivity contribution >= 4 is 29.8 Å². The van der Waals surface area contributed by atoms with Crippen LogP contribution in [0.25, 0.3) is 6.08 Å². The number of furan rings is 1. The number of nitrogens with one attached hydrogen (secondary N) is 1. The molecule has 138 valence electrons. The molecule has 0 unspecified atom stereocenters. The van der Waals surface area contributed by atoms with E-state index >= 15 is 0 Å². The fourth-order valence-electron chi connectivity index (χ4n) is 2.41. The molecule has 2 heterocycles. The largest absolute Gasteiger partial charge is 0.497 e. The summed E-state index contributed by atoms with van der Waals surface area (Å²) in [6, 6.07) is 8.18. The number of nitrogens with zero attached hydrogens (tertiary/aromatic N) is 2. The standard InChI is InChI=1S/C17H13N3O7/c1-26-11-4-2-10(3-5-11)9-19-16(22)13(15(21)18-17(19)23)8-12-6-7-14(27-12)20(24)25/h2-8H,9H2,1H3,(H,18,21,23)/b13-8-. The normalized spacial score (nSPS) is 15.8. The highest BCUT2D eigenvalue weighted by atomic mass is 16.6. The van der Waals surface area contributed by atoms with Crippen LogP contribution in [0.5, 0.6) is 5.75 Å². The van der Waals surface area contributed by atoms with E-state index in [2.05, 4.69) is 5.32 Å². The first kappa shape index (κ1) is 17.9. The van der Waals surface area contributed by atoms with Gasteiger partial charge in [0.15, 0.2) is 0 Å². The van der Waals surface area contributed by atoms with Gasteiger partial charge in [-0.3, -0.25) is 29.9 Å². The molecular formula is C17H13N3O7. The van der Waals surface area contributed by atoms with Crippen molar-refractivity contribution in [2.24, 2.45) is 0 Å². The highest BCUT2D eigenvalue weighted by Gasteiger charge is 2.36. The van der Waals surface area contributed by atoms with Gasteiger partial charge in [-0.2, -0.15) is 0 Å². The van der Waals surface area contributed by atoms with Crippen molar-refractivity contribution in [2.45, 2.75) is 6.54 Å². The molecule has 1 saturated heterocycles. The second-order valence-electron chi connectivity index (χ2n) is 5.49. The molecule has 1 aromatic heterocycles. The van der Waals surface area contributed by atoms with Gasteiger partial charge in [0.25, 0.3) is 11.8 Å². The Labute approximate surface area is 152 Å². The quantitative estimate of drug-likeness (QED) is 0.367. The highest BCUT2D eigenvalue weighted by molar-refractivity contribution is 6.30. The third kappa shape index (κ3) is 3.68. The molecule has 0 atom stereocenters. The number of urea groups is 1. The van der Waals surface area contributed by atoms with Crippen molar-refractivity contribution in [3.63, 3.8) is 0 Å². The molecule has 1 fully saturated rings. The third-order valence-electron chi connectivity index (χ3n) is 3.76. The summed E-state index contributed by atoms with van der Waals surface area (Å²) in [5.74, 6) is -1.72. The molecule has 1 aromatic carbocycles. The SMILES string of the molecule is COc1ccc(CN2C(=O)NC(=O)/C(=C/c3ccc([N+](=O)[O-])o3)C2=O)cc1. The van der Waals surface area contributed by atoms with Crippen LogP contribution in [0.15, 0.2) is 46.4 Å². The van der Waals surface area contributed by atoms with E-state index in [0.717, 1.165) is 17.0 Å². The maximum atomic E-state index is 12.6. The molecule has 0 bridgehead atoms. The van der Waals surface area contributed by atoms with Gasteiger partial charge in [0, 0.05) is 0 Å². The topological polar surface area (TPSA) is 132 Å². The van der Waals surface area contributed by atoms with Crippen LogP contribution in [0.3, 0.4) is 0 Å². The smallest absolute Gasteiger partial charge is 0.433 e. The maximum absolute atomic E-state index is 12.6. The Bertz CT molecular complexity index is 959. The van der Waals surface area contributed by atoms with Crippen LogP contribution in [-0.4, -0.2) is 34.8 Å². The second-order valence-corrected chi connectivity index (χ2v) is 5.49. The number of hydrogen-bond acceptors (Lipinski definition) is 7. The van der Waals surface area contributed by atoms with Crippen molar-refractivity contribution in [3.05, 3.63) is 63.4 Å². The molecule has 10 heteroatoms. The fraction of sp³-hybridized carbons (Fsp3) is 0.118. The highest BCUT2D eigenvalue weighted by Crippen LogP contribution is 2.21. The summed E-state index contributed by atoms with van der Waals surface area (Å²) >= 11 is 0. The van der Waals surface area contributed by atoms with E-state index < -0.39 is 28.7 Å². The number of methoxy groups -OCH3 is 1. The Kier molecular flexibility index (Phi) is 4.71. The molecule has 10 nitrogen and oxygen atoms in total. The van der Waals surface area contributed by atoms with Gasteiger partial charge in [-0.05, 0) is 29.8 Å². The summed E-state index contributed by atoms with van der Waals surface area (Å²) in [5, 5.41) is 12.7. The Morgan fingerprint density at radius 1 is 1.19 bits per heavy atom. The minimum absolute atomic E-state index is 0.0565. The Morgan fingerprint density at radius 2 is 1.89 bits per heavy atom. The number of amides is 4. The lowest BCUT2D eigenvalue weighted by Gasteiger charge is -2.26. The average Bonchev–Trinajstić information content (AvgIpc) is 3.12. The fourth-order valence-corrected chi connectivity index (χ4v) is 2.41. The van der Waals surface area contributed by atoms with E-state index in [1.807, 2.05) is 0 Å². The molecule has 0 aliphatic carbocycles. The van der Waals surface area contributed by atoms with Crippen LogP contribution < -0.4 is 10.1 Å². The molecule has 0 radical (unpaired) electrons. The first-order valence-corrected chi connectivity index (χ1v) is 7.65. The van der Waals surface area contributed by atoms with Gasteiger partial charge < -0.3 is 9.15 Å². The van der Waals surface area contributed by atoms with E-state index in [1.54, 1.807) is 24.3 Å². The lowest BCUT2D eigenvalue weighted by molar-refractivity contribution is -0.402. The zero-order valence-electron chi connectivity index (χ0n) is 14.0. The van der Waals surface area contributed by atoms with Gasteiger partial charge in [0.2, 0.25) is 0 Å². The molecule has 1 N–H and O–H groups in total. The zero-order valence-corrected chi connectivity index (χ0v) is 14.0.